The lowest BCUT2D eigenvalue weighted by Crippen LogP contribution is -2.53. The molecule has 3 rings (SSSR count). The van der Waals surface area contributed by atoms with Crippen LogP contribution in [0.3, 0.4) is 0 Å². The van der Waals surface area contributed by atoms with Crippen LogP contribution < -0.4 is 10.6 Å². The largest absolute Gasteiger partial charge is 0.508 e. The van der Waals surface area contributed by atoms with Crippen molar-refractivity contribution in [1.29, 1.82) is 0 Å². The summed E-state index contributed by atoms with van der Waals surface area (Å²) in [4.78, 5) is 42.7. The van der Waals surface area contributed by atoms with Gasteiger partial charge >= 0.3 is 6.09 Å². The molecule has 0 saturated heterocycles. The Kier molecular flexibility index (Phi) is 9.30. The van der Waals surface area contributed by atoms with Crippen LogP contribution in [-0.4, -0.2) is 45.6 Å². The molecule has 0 spiro atoms. The number of benzene rings is 2. The number of phenolic OH excluding ortho intramolecular Hbond substituents is 1. The average Bonchev–Trinajstić information content (AvgIpc) is 3.54. The van der Waals surface area contributed by atoms with Crippen LogP contribution in [0.2, 0.25) is 0 Å². The third-order valence-corrected chi connectivity index (χ3v) is 6.84. The summed E-state index contributed by atoms with van der Waals surface area (Å²) >= 11 is 0. The Bertz CT molecular complexity index is 1200. The van der Waals surface area contributed by atoms with Crippen molar-refractivity contribution >= 4 is 23.6 Å². The van der Waals surface area contributed by atoms with E-state index < -0.39 is 23.8 Å². The molecule has 1 aliphatic rings. The second-order valence-corrected chi connectivity index (χ2v) is 12.1. The van der Waals surface area contributed by atoms with E-state index in [1.165, 1.54) is 0 Å². The summed E-state index contributed by atoms with van der Waals surface area (Å²) < 4.78 is 5.46. The third kappa shape index (κ3) is 7.97. The molecular weight excluding hydrogens is 494 g/mol. The number of hydrogen-bond donors (Lipinski definition) is 3. The molecule has 3 N–H and O–H groups in total. The number of alkyl carbamates (subject to hydrolysis) is 1. The number of anilines is 1. The van der Waals surface area contributed by atoms with Gasteiger partial charge in [-0.1, -0.05) is 45.0 Å². The van der Waals surface area contributed by atoms with Crippen molar-refractivity contribution in [3.63, 3.8) is 0 Å². The number of carbonyl (C=O) groups excluding carboxylic acids is 3. The average molecular weight is 538 g/mol. The number of nitrogens with zero attached hydrogens (tertiary/aromatic N) is 1. The molecule has 0 radical (unpaired) electrons. The highest BCUT2D eigenvalue weighted by Crippen LogP contribution is 2.42. The Hall–Kier alpha value is -3.55. The smallest absolute Gasteiger partial charge is 0.408 e. The number of rotatable bonds is 9. The maximum Gasteiger partial charge on any atom is 0.408 e. The van der Waals surface area contributed by atoms with Crippen molar-refractivity contribution in [3.8, 4) is 5.75 Å². The van der Waals surface area contributed by atoms with Crippen molar-refractivity contribution in [3.05, 3.63) is 59.2 Å². The van der Waals surface area contributed by atoms with Crippen LogP contribution in [0.4, 0.5) is 10.5 Å². The molecule has 1 saturated carbocycles. The highest BCUT2D eigenvalue weighted by atomic mass is 16.6. The van der Waals surface area contributed by atoms with Gasteiger partial charge in [-0.25, -0.2) is 4.79 Å². The van der Waals surface area contributed by atoms with E-state index in [1.54, 1.807) is 50.8 Å². The number of phenols is 1. The lowest BCUT2D eigenvalue weighted by Gasteiger charge is -2.35. The monoisotopic (exact) mass is 537 g/mol. The minimum Gasteiger partial charge on any atom is -0.508 e. The van der Waals surface area contributed by atoms with Crippen molar-refractivity contribution in [1.82, 2.24) is 10.2 Å². The van der Waals surface area contributed by atoms with Gasteiger partial charge in [-0.05, 0) is 94.2 Å². The topological polar surface area (TPSA) is 108 Å². The SMILES string of the molecule is Cc1cc(C(C(=O)Nc2ccccc2C)N(C(=O)C(CC(C)C)NC(=O)OC(C)(C)C)C2CC2C)ccc1O. The zero-order valence-corrected chi connectivity index (χ0v) is 24.4. The Morgan fingerprint density at radius 2 is 1.72 bits per heavy atom. The molecule has 4 unspecified atom stereocenters. The zero-order chi connectivity index (χ0) is 29.1. The lowest BCUT2D eigenvalue weighted by atomic mass is 9.97. The van der Waals surface area contributed by atoms with Crippen LogP contribution >= 0.6 is 0 Å². The summed E-state index contributed by atoms with van der Waals surface area (Å²) in [6.45, 7) is 15.0. The van der Waals surface area contributed by atoms with E-state index in [1.807, 2.05) is 52.0 Å². The van der Waals surface area contributed by atoms with E-state index in [4.69, 9.17) is 4.74 Å². The number of para-hydroxylation sites is 1. The van der Waals surface area contributed by atoms with Gasteiger partial charge < -0.3 is 25.4 Å². The molecule has 2 aromatic carbocycles. The van der Waals surface area contributed by atoms with Gasteiger partial charge in [0.05, 0.1) is 0 Å². The molecule has 4 atom stereocenters. The molecule has 1 aliphatic carbocycles. The first-order chi connectivity index (χ1) is 18.2. The first kappa shape index (κ1) is 30.0. The summed E-state index contributed by atoms with van der Waals surface area (Å²) in [7, 11) is 0. The molecule has 0 heterocycles. The van der Waals surface area contributed by atoms with E-state index in [-0.39, 0.29) is 35.4 Å². The Morgan fingerprint density at radius 1 is 1.08 bits per heavy atom. The molecule has 0 aliphatic heterocycles. The number of ether oxygens (including phenoxy) is 1. The minimum atomic E-state index is -0.971. The Morgan fingerprint density at radius 3 is 2.26 bits per heavy atom. The Labute approximate surface area is 232 Å². The molecule has 3 amide bonds. The fourth-order valence-corrected chi connectivity index (χ4v) is 4.70. The quantitative estimate of drug-likeness (QED) is 0.371. The van der Waals surface area contributed by atoms with Gasteiger partial charge in [0.15, 0.2) is 0 Å². The predicted molar refractivity (Wildman–Crippen MR) is 152 cm³/mol. The van der Waals surface area contributed by atoms with Gasteiger partial charge in [0, 0.05) is 11.7 Å². The molecular formula is C31H43N3O5. The number of carbonyl (C=O) groups is 3. The van der Waals surface area contributed by atoms with Crippen molar-refractivity contribution in [2.45, 2.75) is 92.0 Å². The van der Waals surface area contributed by atoms with Crippen LogP contribution in [0.1, 0.15) is 77.1 Å². The van der Waals surface area contributed by atoms with Crippen molar-refractivity contribution in [2.75, 3.05) is 5.32 Å². The standard InChI is InChI=1S/C31H43N3O5/c1-18(2)15-24(33-30(38)39-31(6,7)8)29(37)34(25-17-20(25)4)27(22-13-14-26(35)21(5)16-22)28(36)32-23-12-10-9-11-19(23)3/h9-14,16,18,20,24-25,27,35H,15,17H2,1-8H3,(H,32,36)(H,33,38). The van der Waals surface area contributed by atoms with E-state index in [0.717, 1.165) is 12.0 Å². The van der Waals surface area contributed by atoms with Crippen LogP contribution in [0.25, 0.3) is 0 Å². The number of amides is 3. The number of hydrogen-bond acceptors (Lipinski definition) is 5. The van der Waals surface area contributed by atoms with Crippen LogP contribution in [0.15, 0.2) is 42.5 Å². The van der Waals surface area contributed by atoms with Crippen LogP contribution in [-0.2, 0) is 14.3 Å². The second-order valence-electron chi connectivity index (χ2n) is 12.1. The van der Waals surface area contributed by atoms with E-state index in [9.17, 15) is 19.5 Å². The van der Waals surface area contributed by atoms with Crippen molar-refractivity contribution in [2.24, 2.45) is 11.8 Å². The van der Waals surface area contributed by atoms with E-state index >= 15 is 0 Å². The summed E-state index contributed by atoms with van der Waals surface area (Å²) in [5.74, 6) is -0.287. The maximum atomic E-state index is 14.3. The first-order valence-electron chi connectivity index (χ1n) is 13.7. The zero-order valence-electron chi connectivity index (χ0n) is 24.4. The molecule has 8 heteroatoms. The van der Waals surface area contributed by atoms with Gasteiger partial charge in [0.2, 0.25) is 5.91 Å². The van der Waals surface area contributed by atoms with Gasteiger partial charge in [-0.2, -0.15) is 0 Å². The molecule has 2 aromatic rings. The summed E-state index contributed by atoms with van der Waals surface area (Å²) in [5.41, 5.74) is 2.02. The fourth-order valence-electron chi connectivity index (χ4n) is 4.70. The number of nitrogens with one attached hydrogen (secondary N) is 2. The minimum absolute atomic E-state index is 0.0996. The number of aryl methyl sites for hydroxylation is 2. The summed E-state index contributed by atoms with van der Waals surface area (Å²) in [6, 6.07) is 10.4. The van der Waals surface area contributed by atoms with Crippen LogP contribution in [0.5, 0.6) is 5.75 Å². The fraction of sp³-hybridized carbons (Fsp3) is 0.516. The molecule has 0 bridgehead atoms. The van der Waals surface area contributed by atoms with Gasteiger partial charge in [0.25, 0.3) is 5.91 Å². The first-order valence-corrected chi connectivity index (χ1v) is 13.7. The second kappa shape index (κ2) is 12.1. The molecule has 0 aromatic heterocycles. The highest BCUT2D eigenvalue weighted by molar-refractivity contribution is 5.99. The van der Waals surface area contributed by atoms with E-state index in [0.29, 0.717) is 23.2 Å². The number of aromatic hydroxyl groups is 1. The lowest BCUT2D eigenvalue weighted by molar-refractivity contribution is -0.142. The summed E-state index contributed by atoms with van der Waals surface area (Å²) in [6.07, 6.45) is 0.459. The predicted octanol–water partition coefficient (Wildman–Crippen LogP) is 5.87. The molecule has 39 heavy (non-hydrogen) atoms. The third-order valence-electron chi connectivity index (χ3n) is 6.84. The summed E-state index contributed by atoms with van der Waals surface area (Å²) in [5, 5.41) is 16.0. The molecule has 8 nitrogen and oxygen atoms in total. The Balaban J connectivity index is 2.06. The van der Waals surface area contributed by atoms with Gasteiger partial charge in [-0.3, -0.25) is 9.59 Å². The maximum absolute atomic E-state index is 14.3. The van der Waals surface area contributed by atoms with E-state index in [2.05, 4.69) is 10.6 Å². The normalized spacial score (nSPS) is 18.2. The van der Waals surface area contributed by atoms with Gasteiger partial charge in [0.1, 0.15) is 23.4 Å². The highest BCUT2D eigenvalue weighted by Gasteiger charge is 2.48. The van der Waals surface area contributed by atoms with Gasteiger partial charge in [-0.15, -0.1) is 0 Å². The molecule has 1 fully saturated rings. The van der Waals surface area contributed by atoms with Crippen molar-refractivity contribution < 1.29 is 24.2 Å². The van der Waals surface area contributed by atoms with Crippen LogP contribution in [0, 0.1) is 25.7 Å². The molecule has 212 valence electrons.